The maximum atomic E-state index is 12.8. The summed E-state index contributed by atoms with van der Waals surface area (Å²) in [5.74, 6) is 1.37. The molecular weight excluding hydrogens is 439 g/mol. The molecule has 0 bridgehead atoms. The molecule has 1 aliphatic carbocycles. The highest BCUT2D eigenvalue weighted by atomic mass is 35.5. The van der Waals surface area contributed by atoms with Crippen molar-refractivity contribution in [3.05, 3.63) is 87.2 Å². The number of carbonyl (C=O) groups is 1. The number of halogens is 2. The van der Waals surface area contributed by atoms with Gasteiger partial charge in [0.15, 0.2) is 5.78 Å². The van der Waals surface area contributed by atoms with Crippen LogP contribution in [0.1, 0.15) is 39.5 Å². The lowest BCUT2D eigenvalue weighted by Gasteiger charge is -2.23. The third-order valence-corrected chi connectivity index (χ3v) is 6.56. The quantitative estimate of drug-likeness (QED) is 0.373. The Morgan fingerprint density at radius 2 is 1.87 bits per heavy atom. The van der Waals surface area contributed by atoms with E-state index in [9.17, 15) is 4.79 Å². The first kappa shape index (κ1) is 19.5. The molecule has 30 heavy (non-hydrogen) atoms. The highest BCUT2D eigenvalue weighted by Gasteiger charge is 2.28. The van der Waals surface area contributed by atoms with Gasteiger partial charge in [-0.25, -0.2) is 9.50 Å². The van der Waals surface area contributed by atoms with Crippen LogP contribution in [0, 0.1) is 0 Å². The minimum atomic E-state index is 0.0697. The molecule has 1 atom stereocenters. The molecule has 0 fully saturated rings. The fourth-order valence-corrected chi connectivity index (χ4v) is 4.76. The summed E-state index contributed by atoms with van der Waals surface area (Å²) in [6.45, 7) is 0. The summed E-state index contributed by atoms with van der Waals surface area (Å²) in [6, 6.07) is 15.4. The van der Waals surface area contributed by atoms with Crippen molar-refractivity contribution in [3.8, 4) is 0 Å². The van der Waals surface area contributed by atoms with E-state index in [0.29, 0.717) is 39.4 Å². The number of carbonyl (C=O) groups excluding carboxylic acids is 1. The average molecular weight is 455 g/mol. The second-order valence-electron chi connectivity index (χ2n) is 7.24. The van der Waals surface area contributed by atoms with Gasteiger partial charge in [-0.15, -0.1) is 5.10 Å². The number of hydrogen-bond acceptors (Lipinski definition) is 5. The number of Topliss-reactive ketones (excluding diaryl/α,β-unsaturated/α-hetero) is 1. The Morgan fingerprint density at radius 3 is 2.67 bits per heavy atom. The van der Waals surface area contributed by atoms with E-state index in [4.69, 9.17) is 23.2 Å². The van der Waals surface area contributed by atoms with Crippen LogP contribution < -0.4 is 0 Å². The Labute approximate surface area is 187 Å². The van der Waals surface area contributed by atoms with Crippen LogP contribution in [0.3, 0.4) is 0 Å². The molecule has 0 unspecified atom stereocenters. The predicted octanol–water partition coefficient (Wildman–Crippen LogP) is 5.64. The Hall–Kier alpha value is -2.41. The summed E-state index contributed by atoms with van der Waals surface area (Å²) in [5, 5.41) is 6.50. The molecule has 1 aliphatic rings. The Balaban J connectivity index is 1.40. The smallest absolute Gasteiger partial charge is 0.253 e. The van der Waals surface area contributed by atoms with Crippen LogP contribution in [0.25, 0.3) is 5.78 Å². The number of aromatic nitrogens is 4. The van der Waals surface area contributed by atoms with Gasteiger partial charge in [-0.1, -0.05) is 59.2 Å². The summed E-state index contributed by atoms with van der Waals surface area (Å²) < 4.78 is 1.60. The second kappa shape index (κ2) is 8.02. The Morgan fingerprint density at radius 1 is 1.03 bits per heavy atom. The first-order chi connectivity index (χ1) is 14.5. The molecule has 0 spiro atoms. The van der Waals surface area contributed by atoms with Gasteiger partial charge in [0.05, 0.1) is 11.3 Å². The Bertz CT molecular complexity index is 1260. The molecule has 2 aromatic carbocycles. The van der Waals surface area contributed by atoms with Gasteiger partial charge >= 0.3 is 0 Å². The number of fused-ring (bicyclic) bond motifs is 2. The van der Waals surface area contributed by atoms with Crippen LogP contribution in [0.2, 0.25) is 10.0 Å². The highest BCUT2D eigenvalue weighted by molar-refractivity contribution is 7.98. The standard InChI is InChI=1S/C22H16Cl2N4OS/c23-16-6-4-13(5-7-16)12-30-22-26-21-25-19-9-15(14-2-1-3-17(24)8-14)10-20(29)18(19)11-28(21)27-22/h1-8,11,15H,9-10,12H2/t15-/m0/s1. The van der Waals surface area contributed by atoms with E-state index in [1.807, 2.05) is 48.5 Å². The molecule has 0 N–H and O–H groups in total. The van der Waals surface area contributed by atoms with Crippen molar-refractivity contribution in [3.63, 3.8) is 0 Å². The van der Waals surface area contributed by atoms with Crippen molar-refractivity contribution in [2.45, 2.75) is 29.7 Å². The van der Waals surface area contributed by atoms with Gasteiger partial charge in [-0.3, -0.25) is 4.79 Å². The number of thioether (sulfide) groups is 1. The lowest BCUT2D eigenvalue weighted by Crippen LogP contribution is -2.21. The van der Waals surface area contributed by atoms with Crippen LogP contribution in [0.15, 0.2) is 59.9 Å². The summed E-state index contributed by atoms with van der Waals surface area (Å²) in [6.07, 6.45) is 2.87. The van der Waals surface area contributed by atoms with Gasteiger partial charge in [0.25, 0.3) is 5.78 Å². The van der Waals surface area contributed by atoms with Crippen molar-refractivity contribution in [1.82, 2.24) is 19.6 Å². The third kappa shape index (κ3) is 3.95. The number of ketones is 1. The minimum Gasteiger partial charge on any atom is -0.294 e. The van der Waals surface area contributed by atoms with E-state index < -0.39 is 0 Å². The van der Waals surface area contributed by atoms with Gasteiger partial charge < -0.3 is 0 Å². The van der Waals surface area contributed by atoms with Crippen LogP contribution in [0.4, 0.5) is 0 Å². The lowest BCUT2D eigenvalue weighted by atomic mass is 9.82. The second-order valence-corrected chi connectivity index (χ2v) is 9.05. The molecule has 0 radical (unpaired) electrons. The molecule has 4 aromatic rings. The van der Waals surface area contributed by atoms with Crippen LogP contribution in [0.5, 0.6) is 0 Å². The maximum Gasteiger partial charge on any atom is 0.253 e. The summed E-state index contributed by atoms with van der Waals surface area (Å²) in [7, 11) is 0. The summed E-state index contributed by atoms with van der Waals surface area (Å²) >= 11 is 13.6. The van der Waals surface area contributed by atoms with Gasteiger partial charge in [-0.05, 0) is 47.7 Å². The monoisotopic (exact) mass is 454 g/mol. The van der Waals surface area contributed by atoms with Gasteiger partial charge in [-0.2, -0.15) is 4.98 Å². The number of rotatable bonds is 4. The Kier molecular flexibility index (Phi) is 5.23. The highest BCUT2D eigenvalue weighted by Crippen LogP contribution is 2.33. The SMILES string of the molecule is O=C1C[C@@H](c2cccc(Cl)c2)Cc2nc3nc(SCc4ccc(Cl)cc4)nn3cc21. The van der Waals surface area contributed by atoms with Gasteiger partial charge in [0.1, 0.15) is 0 Å². The minimum absolute atomic E-state index is 0.0697. The van der Waals surface area contributed by atoms with Gasteiger partial charge in [0.2, 0.25) is 5.16 Å². The average Bonchev–Trinajstić information content (AvgIpc) is 3.14. The summed E-state index contributed by atoms with van der Waals surface area (Å²) in [4.78, 5) is 22.0. The van der Waals surface area contributed by atoms with Crippen LogP contribution in [-0.2, 0) is 12.2 Å². The molecule has 0 aliphatic heterocycles. The lowest BCUT2D eigenvalue weighted by molar-refractivity contribution is 0.0962. The molecule has 5 nitrogen and oxygen atoms in total. The third-order valence-electron chi connectivity index (χ3n) is 5.16. The van der Waals surface area contributed by atoms with E-state index in [-0.39, 0.29) is 11.7 Å². The van der Waals surface area contributed by atoms with Crippen molar-refractivity contribution < 1.29 is 4.79 Å². The number of nitrogens with zero attached hydrogens (tertiary/aromatic N) is 4. The zero-order valence-corrected chi connectivity index (χ0v) is 18.1. The fraction of sp³-hybridized carbons (Fsp3) is 0.182. The molecular formula is C22H16Cl2N4OS. The van der Waals surface area contributed by atoms with Crippen molar-refractivity contribution in [2.24, 2.45) is 0 Å². The number of benzene rings is 2. The van der Waals surface area contributed by atoms with Crippen LogP contribution in [-0.4, -0.2) is 25.4 Å². The molecule has 8 heteroatoms. The van der Waals surface area contributed by atoms with Gasteiger partial charge in [0, 0.05) is 28.4 Å². The van der Waals surface area contributed by atoms with E-state index in [1.165, 1.54) is 11.8 Å². The molecule has 0 saturated carbocycles. The molecule has 0 saturated heterocycles. The van der Waals surface area contributed by atoms with E-state index in [1.54, 1.807) is 10.7 Å². The first-order valence-corrected chi connectivity index (χ1v) is 11.2. The molecule has 2 heterocycles. The molecule has 0 amide bonds. The maximum absolute atomic E-state index is 12.8. The van der Waals surface area contributed by atoms with Crippen molar-refractivity contribution in [2.75, 3.05) is 0 Å². The normalized spacial score (nSPS) is 16.1. The van der Waals surface area contributed by atoms with E-state index >= 15 is 0 Å². The molecule has 150 valence electrons. The topological polar surface area (TPSA) is 60.2 Å². The zero-order chi connectivity index (χ0) is 20.7. The summed E-state index contributed by atoms with van der Waals surface area (Å²) in [5.41, 5.74) is 3.59. The number of hydrogen-bond donors (Lipinski definition) is 0. The van der Waals surface area contributed by atoms with Crippen LogP contribution >= 0.6 is 35.0 Å². The zero-order valence-electron chi connectivity index (χ0n) is 15.8. The first-order valence-electron chi connectivity index (χ1n) is 9.47. The predicted molar refractivity (Wildman–Crippen MR) is 119 cm³/mol. The fourth-order valence-electron chi connectivity index (χ4n) is 3.65. The largest absolute Gasteiger partial charge is 0.294 e. The van der Waals surface area contributed by atoms with E-state index in [2.05, 4.69) is 15.1 Å². The molecule has 5 rings (SSSR count). The van der Waals surface area contributed by atoms with Crippen molar-refractivity contribution in [1.29, 1.82) is 0 Å². The van der Waals surface area contributed by atoms with E-state index in [0.717, 1.165) is 22.6 Å². The molecule has 2 aromatic heterocycles. The van der Waals surface area contributed by atoms with Crippen molar-refractivity contribution >= 4 is 46.5 Å².